The molecule has 0 radical (unpaired) electrons. The molecule has 0 fully saturated rings. The number of ether oxygens (including phenoxy) is 1. The van der Waals surface area contributed by atoms with E-state index < -0.39 is 0 Å². The quantitative estimate of drug-likeness (QED) is 0.273. The third-order valence-corrected chi connectivity index (χ3v) is 6.10. The molecule has 0 bridgehead atoms. The summed E-state index contributed by atoms with van der Waals surface area (Å²) in [5, 5.41) is 12.9. The molecular weight excluding hydrogens is 386 g/mol. The van der Waals surface area contributed by atoms with Crippen molar-refractivity contribution in [2.24, 2.45) is 5.92 Å². The van der Waals surface area contributed by atoms with Gasteiger partial charge in [0, 0.05) is 12.5 Å². The first-order chi connectivity index (χ1) is 14.4. The molecule has 0 aliphatic heterocycles. The van der Waals surface area contributed by atoms with Gasteiger partial charge in [-0.05, 0) is 72.6 Å². The molecule has 1 aromatic carbocycles. The van der Waals surface area contributed by atoms with Gasteiger partial charge < -0.3 is 9.94 Å². The molecule has 31 heavy (non-hydrogen) atoms. The minimum Gasteiger partial charge on any atom is -0.466 e. The lowest BCUT2D eigenvalue weighted by atomic mass is 9.81. The van der Waals surface area contributed by atoms with Crippen LogP contribution in [0.2, 0.25) is 0 Å². The molecule has 0 aliphatic rings. The predicted molar refractivity (Wildman–Crippen MR) is 130 cm³/mol. The van der Waals surface area contributed by atoms with Gasteiger partial charge in [0.15, 0.2) is 0 Å². The number of carbonyl (C=O) groups is 1. The topological polar surface area (TPSA) is 49.8 Å². The Morgan fingerprint density at radius 1 is 0.935 bits per heavy atom. The minimum absolute atomic E-state index is 0.0933. The van der Waals surface area contributed by atoms with Crippen LogP contribution in [0.1, 0.15) is 135 Å². The van der Waals surface area contributed by atoms with Crippen molar-refractivity contribution in [1.82, 2.24) is 5.06 Å². The highest BCUT2D eigenvalue weighted by molar-refractivity contribution is 5.69. The van der Waals surface area contributed by atoms with E-state index >= 15 is 0 Å². The number of rotatable bonds is 12. The minimum atomic E-state index is -0.190. The van der Waals surface area contributed by atoms with Gasteiger partial charge in [0.05, 0.1) is 12.6 Å². The Labute approximate surface area is 191 Å². The fourth-order valence-corrected chi connectivity index (χ4v) is 4.36. The van der Waals surface area contributed by atoms with E-state index in [0.29, 0.717) is 43.1 Å². The Morgan fingerprint density at radius 3 is 1.84 bits per heavy atom. The summed E-state index contributed by atoms with van der Waals surface area (Å²) in [7, 11) is 0. The molecule has 4 nitrogen and oxygen atoms in total. The number of benzene rings is 1. The van der Waals surface area contributed by atoms with Crippen LogP contribution < -0.4 is 0 Å². The molecule has 0 aromatic heterocycles. The number of hydrogen-bond donors (Lipinski definition) is 1. The van der Waals surface area contributed by atoms with Gasteiger partial charge in [-0.1, -0.05) is 67.5 Å². The van der Waals surface area contributed by atoms with Gasteiger partial charge in [-0.3, -0.25) is 4.79 Å². The molecule has 0 unspecified atom stereocenters. The highest BCUT2D eigenvalue weighted by Gasteiger charge is 2.29. The summed E-state index contributed by atoms with van der Waals surface area (Å²) >= 11 is 0. The molecule has 178 valence electrons. The van der Waals surface area contributed by atoms with Gasteiger partial charge in [0.1, 0.15) is 0 Å². The van der Waals surface area contributed by atoms with Crippen LogP contribution in [-0.4, -0.2) is 28.9 Å². The highest BCUT2D eigenvalue weighted by Crippen LogP contribution is 2.38. The highest BCUT2D eigenvalue weighted by atomic mass is 16.5. The first-order valence-electron chi connectivity index (χ1n) is 12.2. The molecule has 0 saturated heterocycles. The van der Waals surface area contributed by atoms with E-state index in [4.69, 9.17) is 4.74 Å². The first-order valence-corrected chi connectivity index (χ1v) is 12.2. The summed E-state index contributed by atoms with van der Waals surface area (Å²) in [6.07, 6.45) is 1.75. The average Bonchev–Trinajstić information content (AvgIpc) is 2.68. The third kappa shape index (κ3) is 7.91. The molecule has 0 spiro atoms. The van der Waals surface area contributed by atoms with Crippen LogP contribution in [0.5, 0.6) is 0 Å². The molecule has 0 heterocycles. The second-order valence-corrected chi connectivity index (χ2v) is 10.3. The van der Waals surface area contributed by atoms with Crippen molar-refractivity contribution < 1.29 is 14.7 Å². The molecule has 0 aliphatic carbocycles. The Balaban J connectivity index is 3.37. The lowest BCUT2D eigenvalue weighted by molar-refractivity contribution is -0.166. The van der Waals surface area contributed by atoms with Crippen molar-refractivity contribution in [3.05, 3.63) is 34.4 Å². The van der Waals surface area contributed by atoms with E-state index in [0.717, 1.165) is 6.42 Å². The monoisotopic (exact) mass is 433 g/mol. The summed E-state index contributed by atoms with van der Waals surface area (Å²) in [6.45, 7) is 22.0. The van der Waals surface area contributed by atoms with Gasteiger partial charge >= 0.3 is 5.97 Å². The van der Waals surface area contributed by atoms with E-state index in [9.17, 15) is 10.0 Å². The maximum Gasteiger partial charge on any atom is 0.305 e. The van der Waals surface area contributed by atoms with Crippen LogP contribution in [0, 0.1) is 5.92 Å². The second-order valence-electron chi connectivity index (χ2n) is 10.3. The number of nitrogens with zero attached hydrogens (tertiary/aromatic N) is 1. The predicted octanol–water partition coefficient (Wildman–Crippen LogP) is 7.57. The van der Waals surface area contributed by atoms with Gasteiger partial charge in [0.2, 0.25) is 0 Å². The van der Waals surface area contributed by atoms with Crippen molar-refractivity contribution in [2.45, 2.75) is 118 Å². The van der Waals surface area contributed by atoms with Crippen LogP contribution in [0.3, 0.4) is 0 Å². The molecule has 4 heteroatoms. The normalized spacial score (nSPS) is 14.2. The van der Waals surface area contributed by atoms with Crippen LogP contribution >= 0.6 is 0 Å². The van der Waals surface area contributed by atoms with Gasteiger partial charge in [-0.25, -0.2) is 0 Å². The van der Waals surface area contributed by atoms with Crippen molar-refractivity contribution in [1.29, 1.82) is 0 Å². The zero-order chi connectivity index (χ0) is 23.9. The first kappa shape index (κ1) is 27.6. The maximum atomic E-state index is 12.0. The summed E-state index contributed by atoms with van der Waals surface area (Å²) in [4.78, 5) is 12.0. The Hall–Kier alpha value is -1.39. The number of esters is 1. The molecule has 1 rings (SSSR count). The lowest BCUT2D eigenvalue weighted by Gasteiger charge is -2.36. The second kappa shape index (κ2) is 12.6. The molecule has 0 amide bonds. The average molecular weight is 434 g/mol. The Bertz CT molecular complexity index is 665. The smallest absolute Gasteiger partial charge is 0.305 e. The van der Waals surface area contributed by atoms with E-state index in [1.807, 2.05) is 6.92 Å². The molecule has 1 aromatic rings. The maximum absolute atomic E-state index is 12.0. The number of hydrogen-bond acceptors (Lipinski definition) is 4. The Morgan fingerprint density at radius 2 is 1.45 bits per heavy atom. The summed E-state index contributed by atoms with van der Waals surface area (Å²) in [5.74, 6) is 1.42. The molecular formula is C27H47NO3. The number of hydroxylamine groups is 2. The lowest BCUT2D eigenvalue weighted by Crippen LogP contribution is -2.37. The fraction of sp³-hybridized carbons (Fsp3) is 0.741. The van der Waals surface area contributed by atoms with Crippen molar-refractivity contribution >= 4 is 5.97 Å². The van der Waals surface area contributed by atoms with Gasteiger partial charge in [0.25, 0.3) is 0 Å². The summed E-state index contributed by atoms with van der Waals surface area (Å²) < 4.78 is 5.12. The van der Waals surface area contributed by atoms with Crippen molar-refractivity contribution in [3.63, 3.8) is 0 Å². The summed E-state index contributed by atoms with van der Waals surface area (Å²) in [6, 6.07) is 4.42. The molecule has 2 atom stereocenters. The van der Waals surface area contributed by atoms with Crippen LogP contribution in [0.25, 0.3) is 0 Å². The van der Waals surface area contributed by atoms with E-state index in [1.165, 1.54) is 27.3 Å². The van der Waals surface area contributed by atoms with E-state index in [-0.39, 0.29) is 18.1 Å². The van der Waals surface area contributed by atoms with E-state index in [2.05, 4.69) is 74.4 Å². The van der Waals surface area contributed by atoms with Crippen molar-refractivity contribution in [3.8, 4) is 0 Å². The molecule has 0 saturated carbocycles. The largest absolute Gasteiger partial charge is 0.466 e. The number of carbonyl (C=O) groups excluding carboxylic acids is 1. The molecule has 1 N–H and O–H groups in total. The van der Waals surface area contributed by atoms with Crippen LogP contribution in [0.4, 0.5) is 0 Å². The standard InChI is InChI=1S/C27H47NO3/c1-11-31-26(29)13-12-23(14-17(2)3)28(30)21(10)27-24(19(6)7)15-22(18(4)5)16-25(27)20(8)9/h15-21,23,30H,11-14H2,1-10H3/t21-,23+/m0/s1. The van der Waals surface area contributed by atoms with Crippen LogP contribution in [0.15, 0.2) is 12.1 Å². The van der Waals surface area contributed by atoms with Gasteiger partial charge in [-0.15, -0.1) is 0 Å². The Kier molecular flexibility index (Phi) is 11.2. The SMILES string of the molecule is CCOC(=O)CC[C@H](CC(C)C)N(O)[C@@H](C)c1c(C(C)C)cc(C(C)C)cc1C(C)C. The summed E-state index contributed by atoms with van der Waals surface area (Å²) in [5.41, 5.74) is 5.22. The zero-order valence-electron chi connectivity index (χ0n) is 21.7. The van der Waals surface area contributed by atoms with E-state index in [1.54, 1.807) is 0 Å². The van der Waals surface area contributed by atoms with Crippen molar-refractivity contribution in [2.75, 3.05) is 6.61 Å². The third-order valence-electron chi connectivity index (χ3n) is 6.10. The fourth-order valence-electron chi connectivity index (χ4n) is 4.36. The zero-order valence-corrected chi connectivity index (χ0v) is 21.7. The van der Waals surface area contributed by atoms with Crippen LogP contribution in [-0.2, 0) is 9.53 Å². The van der Waals surface area contributed by atoms with Gasteiger partial charge in [-0.2, -0.15) is 5.06 Å².